The highest BCUT2D eigenvalue weighted by Crippen LogP contribution is 2.60. The summed E-state index contributed by atoms with van der Waals surface area (Å²) in [4.78, 5) is 11.4. The van der Waals surface area contributed by atoms with Gasteiger partial charge in [-0.15, -0.1) is 23.5 Å². The van der Waals surface area contributed by atoms with Crippen LogP contribution in [0.1, 0.15) is 12.8 Å². The van der Waals surface area contributed by atoms with Crippen LogP contribution in [-0.4, -0.2) is 43.0 Å². The van der Waals surface area contributed by atoms with Gasteiger partial charge in [0.05, 0.1) is 16.1 Å². The summed E-state index contributed by atoms with van der Waals surface area (Å²) < 4.78 is -0.297. The van der Waals surface area contributed by atoms with Crippen LogP contribution >= 0.6 is 23.5 Å². The van der Waals surface area contributed by atoms with Crippen molar-refractivity contribution in [2.45, 2.75) is 23.0 Å². The molecule has 104 valence electrons. The largest absolute Gasteiger partial charge is 0.508 e. The van der Waals surface area contributed by atoms with E-state index in [1.165, 1.54) is 6.08 Å². The zero-order valence-corrected chi connectivity index (χ0v) is 11.9. The van der Waals surface area contributed by atoms with E-state index in [1.54, 1.807) is 29.6 Å². The van der Waals surface area contributed by atoms with Crippen LogP contribution in [0.4, 0.5) is 0 Å². The second-order valence-electron chi connectivity index (χ2n) is 5.19. The van der Waals surface area contributed by atoms with Crippen molar-refractivity contribution in [1.29, 1.82) is 0 Å². The minimum atomic E-state index is -0.810. The van der Waals surface area contributed by atoms with Crippen LogP contribution in [-0.2, 0) is 4.79 Å². The van der Waals surface area contributed by atoms with E-state index in [2.05, 4.69) is 0 Å². The lowest BCUT2D eigenvalue weighted by molar-refractivity contribution is -0.142. The van der Waals surface area contributed by atoms with Crippen LogP contribution in [0.3, 0.4) is 0 Å². The number of hydrogen-bond donors (Lipinski definition) is 3. The molecular weight excluding hydrogens is 284 g/mol. The normalized spacial score (nSPS) is 36.6. The molecule has 0 bridgehead atoms. The van der Waals surface area contributed by atoms with Gasteiger partial charge in [0.1, 0.15) is 5.76 Å². The van der Waals surface area contributed by atoms with Gasteiger partial charge in [0.2, 0.25) is 0 Å². The summed E-state index contributed by atoms with van der Waals surface area (Å²) in [5.41, 5.74) is 0.718. The smallest absolute Gasteiger partial charge is 0.306 e. The number of rotatable bonds is 1. The minimum Gasteiger partial charge on any atom is -0.508 e. The summed E-state index contributed by atoms with van der Waals surface area (Å²) in [6.07, 6.45) is 3.39. The van der Waals surface area contributed by atoms with Gasteiger partial charge in [-0.25, -0.2) is 0 Å². The lowest BCUT2D eigenvalue weighted by atomic mass is 9.72. The lowest BCUT2D eigenvalue weighted by Gasteiger charge is -2.46. The molecule has 0 aromatic heterocycles. The molecule has 3 aliphatic rings. The van der Waals surface area contributed by atoms with Gasteiger partial charge in [0, 0.05) is 17.4 Å². The van der Waals surface area contributed by atoms with Gasteiger partial charge in [0.15, 0.2) is 0 Å². The Bertz CT molecular complexity index is 465. The van der Waals surface area contributed by atoms with E-state index in [4.69, 9.17) is 0 Å². The van der Waals surface area contributed by atoms with Gasteiger partial charge >= 0.3 is 5.97 Å². The molecule has 3 N–H and O–H groups in total. The summed E-state index contributed by atoms with van der Waals surface area (Å²) in [5.74, 6) is 0.649. The summed E-state index contributed by atoms with van der Waals surface area (Å²) in [6.45, 7) is 0. The van der Waals surface area contributed by atoms with Crippen LogP contribution in [0.15, 0.2) is 23.5 Å². The van der Waals surface area contributed by atoms with Crippen molar-refractivity contribution in [1.82, 2.24) is 0 Å². The van der Waals surface area contributed by atoms with Gasteiger partial charge in [-0.1, -0.05) is 6.08 Å². The highest BCUT2D eigenvalue weighted by molar-refractivity contribution is 8.21. The number of carbonyl (C=O) groups is 1. The molecular formula is C13H16O4S2. The fourth-order valence-corrected chi connectivity index (χ4v) is 7.03. The number of aliphatic carboxylic acids is 1. The molecule has 19 heavy (non-hydrogen) atoms. The van der Waals surface area contributed by atoms with E-state index in [0.717, 1.165) is 17.1 Å². The molecule has 2 fully saturated rings. The number of aliphatic hydroxyl groups is 2. The number of carboxylic acid groups (broad SMARTS) is 1. The first-order valence-electron chi connectivity index (χ1n) is 6.32. The zero-order chi connectivity index (χ0) is 13.6. The second-order valence-corrected chi connectivity index (χ2v) is 8.30. The van der Waals surface area contributed by atoms with Crippen molar-refractivity contribution < 1.29 is 20.1 Å². The number of allylic oxidation sites excluding steroid dienone is 1. The van der Waals surface area contributed by atoms with Crippen LogP contribution in [0, 0.1) is 11.8 Å². The Balaban J connectivity index is 2.04. The topological polar surface area (TPSA) is 77.8 Å². The van der Waals surface area contributed by atoms with E-state index in [9.17, 15) is 20.1 Å². The third-order valence-electron chi connectivity index (χ3n) is 4.09. The minimum absolute atomic E-state index is 0.147. The Morgan fingerprint density at radius 1 is 1.37 bits per heavy atom. The van der Waals surface area contributed by atoms with Crippen LogP contribution in [0.2, 0.25) is 0 Å². The predicted molar refractivity (Wildman–Crippen MR) is 76.3 cm³/mol. The predicted octanol–water partition coefficient (Wildman–Crippen LogP) is 2.02. The fraction of sp³-hybridized carbons (Fsp3) is 0.615. The standard InChI is InChI=1S/C13H16O4S2/c14-9-1-2-10(15)11-8(9)5-7(12(16)17)6-13(11)18-3-4-19-13/h1-2,7,10-11,14-15H,3-6H2,(H,16,17). The summed E-state index contributed by atoms with van der Waals surface area (Å²) in [6, 6.07) is 0. The highest BCUT2D eigenvalue weighted by atomic mass is 32.2. The van der Waals surface area contributed by atoms with Gasteiger partial charge < -0.3 is 15.3 Å². The first-order chi connectivity index (χ1) is 9.03. The molecule has 0 aromatic rings. The molecule has 0 aromatic carbocycles. The third-order valence-corrected chi connectivity index (χ3v) is 7.69. The highest BCUT2D eigenvalue weighted by Gasteiger charge is 2.54. The van der Waals surface area contributed by atoms with Gasteiger partial charge in [-0.05, 0) is 24.5 Å². The molecule has 2 aliphatic carbocycles. The second kappa shape index (κ2) is 4.75. The average molecular weight is 300 g/mol. The van der Waals surface area contributed by atoms with E-state index < -0.39 is 18.0 Å². The number of fused-ring (bicyclic) bond motifs is 2. The van der Waals surface area contributed by atoms with Crippen molar-refractivity contribution in [3.05, 3.63) is 23.5 Å². The quantitative estimate of drug-likeness (QED) is 0.687. The van der Waals surface area contributed by atoms with E-state index in [1.807, 2.05) is 0 Å². The molecule has 1 heterocycles. The van der Waals surface area contributed by atoms with Gasteiger partial charge in [-0.2, -0.15) is 0 Å². The molecule has 3 atom stereocenters. The summed E-state index contributed by atoms with van der Waals surface area (Å²) >= 11 is 3.48. The number of carboxylic acids is 1. The van der Waals surface area contributed by atoms with E-state index in [0.29, 0.717) is 12.8 Å². The van der Waals surface area contributed by atoms with Crippen molar-refractivity contribution in [2.24, 2.45) is 11.8 Å². The van der Waals surface area contributed by atoms with E-state index >= 15 is 0 Å². The first-order valence-corrected chi connectivity index (χ1v) is 8.29. The SMILES string of the molecule is O=C(O)C1CC2=C(O)C=CC(O)C2C2(C1)SCCS2. The Morgan fingerprint density at radius 2 is 2.05 bits per heavy atom. The molecule has 3 rings (SSSR count). The number of aliphatic hydroxyl groups excluding tert-OH is 2. The molecule has 1 aliphatic heterocycles. The molecule has 1 spiro atoms. The average Bonchev–Trinajstić information content (AvgIpc) is 2.82. The van der Waals surface area contributed by atoms with Crippen molar-refractivity contribution in [3.8, 4) is 0 Å². The third kappa shape index (κ3) is 2.10. The van der Waals surface area contributed by atoms with Gasteiger partial charge in [0.25, 0.3) is 0 Å². The molecule has 1 saturated heterocycles. The monoisotopic (exact) mass is 300 g/mol. The van der Waals surface area contributed by atoms with Crippen molar-refractivity contribution >= 4 is 29.5 Å². The van der Waals surface area contributed by atoms with Crippen molar-refractivity contribution in [3.63, 3.8) is 0 Å². The number of thioether (sulfide) groups is 2. The molecule has 0 amide bonds. The number of hydrogen-bond acceptors (Lipinski definition) is 5. The molecule has 3 unspecified atom stereocenters. The Labute approximate surface area is 120 Å². The zero-order valence-electron chi connectivity index (χ0n) is 10.3. The Morgan fingerprint density at radius 3 is 2.68 bits per heavy atom. The Kier molecular flexibility index (Phi) is 3.35. The molecule has 1 saturated carbocycles. The van der Waals surface area contributed by atoms with Crippen LogP contribution < -0.4 is 0 Å². The van der Waals surface area contributed by atoms with Crippen LogP contribution in [0.25, 0.3) is 0 Å². The molecule has 4 nitrogen and oxygen atoms in total. The van der Waals surface area contributed by atoms with E-state index in [-0.39, 0.29) is 15.8 Å². The lowest BCUT2D eigenvalue weighted by Crippen LogP contribution is -2.46. The van der Waals surface area contributed by atoms with Gasteiger partial charge in [-0.3, -0.25) is 4.79 Å². The first kappa shape index (κ1) is 13.4. The maximum absolute atomic E-state index is 11.4. The fourth-order valence-electron chi connectivity index (χ4n) is 3.28. The van der Waals surface area contributed by atoms with Crippen molar-refractivity contribution in [2.75, 3.05) is 11.5 Å². The molecule has 6 heteroatoms. The maximum atomic E-state index is 11.4. The van der Waals surface area contributed by atoms with Crippen LogP contribution in [0.5, 0.6) is 0 Å². The molecule has 0 radical (unpaired) electrons. The maximum Gasteiger partial charge on any atom is 0.306 e. The Hall–Kier alpha value is -0.590. The summed E-state index contributed by atoms with van der Waals surface area (Å²) in [7, 11) is 0. The summed E-state index contributed by atoms with van der Waals surface area (Å²) in [5, 5.41) is 29.6.